The van der Waals surface area contributed by atoms with Crippen LogP contribution in [-0.4, -0.2) is 22.3 Å². The quantitative estimate of drug-likeness (QED) is 0.928. The number of hydrogen-bond acceptors (Lipinski definition) is 3. The van der Waals surface area contributed by atoms with Gasteiger partial charge >= 0.3 is 0 Å². The first-order chi connectivity index (χ1) is 9.81. The summed E-state index contributed by atoms with van der Waals surface area (Å²) < 4.78 is 5.97. The van der Waals surface area contributed by atoms with Gasteiger partial charge in [-0.1, -0.05) is 18.2 Å². The normalized spacial score (nSPS) is 22.4. The highest BCUT2D eigenvalue weighted by atomic mass is 16.5. The average molecular weight is 269 g/mol. The molecule has 1 aromatic carbocycles. The number of pyridine rings is 1. The summed E-state index contributed by atoms with van der Waals surface area (Å²) in [6, 6.07) is 12.1. The molecule has 2 aromatic rings. The molecule has 3 nitrogen and oxygen atoms in total. The van der Waals surface area contributed by atoms with E-state index in [4.69, 9.17) is 4.74 Å². The zero-order valence-electron chi connectivity index (χ0n) is 11.4. The van der Waals surface area contributed by atoms with Crippen LogP contribution in [0.5, 0.6) is 5.75 Å². The van der Waals surface area contributed by atoms with Crippen molar-refractivity contribution in [3.05, 3.63) is 48.8 Å². The Labute approximate surface area is 119 Å². The number of hydrogen-bond donors (Lipinski definition) is 1. The lowest BCUT2D eigenvalue weighted by Gasteiger charge is -2.26. The zero-order chi connectivity index (χ0) is 13.8. The molecule has 1 N–H and O–H groups in total. The molecule has 1 heterocycles. The van der Waals surface area contributed by atoms with Crippen LogP contribution in [-0.2, 0) is 0 Å². The topological polar surface area (TPSA) is 42.4 Å². The van der Waals surface area contributed by atoms with E-state index in [2.05, 4.69) is 17.1 Å². The maximum absolute atomic E-state index is 9.49. The Morgan fingerprint density at radius 3 is 2.35 bits per heavy atom. The molecule has 0 spiro atoms. The number of ether oxygens (including phenoxy) is 1. The molecule has 1 saturated carbocycles. The van der Waals surface area contributed by atoms with Crippen LogP contribution < -0.4 is 4.74 Å². The van der Waals surface area contributed by atoms with Gasteiger partial charge in [0, 0.05) is 12.4 Å². The Bertz CT molecular complexity index is 531. The predicted molar refractivity (Wildman–Crippen MR) is 78.6 cm³/mol. The molecule has 0 unspecified atom stereocenters. The number of aromatic nitrogens is 1. The summed E-state index contributed by atoms with van der Waals surface area (Å²) in [6.45, 7) is 0. The van der Waals surface area contributed by atoms with Crippen LogP contribution in [0.3, 0.4) is 0 Å². The molecule has 0 radical (unpaired) electrons. The minimum Gasteiger partial charge on any atom is -0.490 e. The third kappa shape index (κ3) is 3.17. The summed E-state index contributed by atoms with van der Waals surface area (Å²) in [6.07, 6.45) is 7.30. The first-order valence-electron chi connectivity index (χ1n) is 7.16. The second-order valence-electron chi connectivity index (χ2n) is 5.31. The van der Waals surface area contributed by atoms with E-state index in [0.29, 0.717) is 0 Å². The van der Waals surface area contributed by atoms with Gasteiger partial charge in [-0.2, -0.15) is 0 Å². The Kier molecular flexibility index (Phi) is 3.97. The number of aliphatic hydroxyl groups excluding tert-OH is 1. The molecular weight excluding hydrogens is 250 g/mol. The smallest absolute Gasteiger partial charge is 0.119 e. The van der Waals surface area contributed by atoms with Gasteiger partial charge in [0.05, 0.1) is 12.2 Å². The molecule has 0 bridgehead atoms. The van der Waals surface area contributed by atoms with Gasteiger partial charge in [-0.3, -0.25) is 4.98 Å². The highest BCUT2D eigenvalue weighted by molar-refractivity contribution is 5.62. The monoisotopic (exact) mass is 269 g/mol. The number of benzene rings is 1. The second-order valence-corrected chi connectivity index (χ2v) is 5.31. The van der Waals surface area contributed by atoms with E-state index in [1.165, 1.54) is 0 Å². The van der Waals surface area contributed by atoms with Crippen molar-refractivity contribution in [2.24, 2.45) is 0 Å². The largest absolute Gasteiger partial charge is 0.490 e. The van der Waals surface area contributed by atoms with Crippen LogP contribution >= 0.6 is 0 Å². The highest BCUT2D eigenvalue weighted by Gasteiger charge is 2.20. The molecule has 1 aliphatic rings. The lowest BCUT2D eigenvalue weighted by molar-refractivity contribution is 0.0666. The van der Waals surface area contributed by atoms with Gasteiger partial charge in [-0.15, -0.1) is 0 Å². The Hall–Kier alpha value is -1.87. The van der Waals surface area contributed by atoms with Crippen molar-refractivity contribution >= 4 is 0 Å². The second kappa shape index (κ2) is 6.06. The van der Waals surface area contributed by atoms with E-state index < -0.39 is 0 Å². The minimum atomic E-state index is -0.136. The molecule has 1 aliphatic carbocycles. The molecule has 3 rings (SSSR count). The molecule has 20 heavy (non-hydrogen) atoms. The summed E-state index contributed by atoms with van der Waals surface area (Å²) in [5.74, 6) is 0.902. The van der Waals surface area contributed by atoms with Crippen molar-refractivity contribution in [2.45, 2.75) is 37.9 Å². The van der Waals surface area contributed by atoms with Crippen molar-refractivity contribution in [1.29, 1.82) is 0 Å². The van der Waals surface area contributed by atoms with E-state index in [1.54, 1.807) is 6.20 Å². The maximum Gasteiger partial charge on any atom is 0.119 e. The average Bonchev–Trinajstić information content (AvgIpc) is 2.51. The van der Waals surface area contributed by atoms with Crippen LogP contribution in [0.25, 0.3) is 11.1 Å². The number of nitrogens with zero attached hydrogens (tertiary/aromatic N) is 1. The van der Waals surface area contributed by atoms with Crippen molar-refractivity contribution in [2.75, 3.05) is 0 Å². The summed E-state index contributed by atoms with van der Waals surface area (Å²) in [5.41, 5.74) is 2.25. The Morgan fingerprint density at radius 1 is 0.950 bits per heavy atom. The third-order valence-corrected chi connectivity index (χ3v) is 3.80. The van der Waals surface area contributed by atoms with Gasteiger partial charge < -0.3 is 9.84 Å². The summed E-state index contributed by atoms with van der Waals surface area (Å²) in [5, 5.41) is 9.49. The third-order valence-electron chi connectivity index (χ3n) is 3.80. The highest BCUT2D eigenvalue weighted by Crippen LogP contribution is 2.26. The SMILES string of the molecule is OC1CCC(Oc2ccc(-c3cccnc3)cc2)CC1. The van der Waals surface area contributed by atoms with E-state index in [1.807, 2.05) is 30.5 Å². The van der Waals surface area contributed by atoms with Gasteiger partial charge in [0.1, 0.15) is 5.75 Å². The van der Waals surface area contributed by atoms with Crippen molar-refractivity contribution in [3.63, 3.8) is 0 Å². The van der Waals surface area contributed by atoms with Crippen LogP contribution in [0, 0.1) is 0 Å². The minimum absolute atomic E-state index is 0.136. The van der Waals surface area contributed by atoms with Crippen molar-refractivity contribution < 1.29 is 9.84 Å². The van der Waals surface area contributed by atoms with Gasteiger partial charge in [0.2, 0.25) is 0 Å². The van der Waals surface area contributed by atoms with Crippen molar-refractivity contribution in [1.82, 2.24) is 4.98 Å². The maximum atomic E-state index is 9.49. The number of rotatable bonds is 3. The molecule has 1 aromatic heterocycles. The Morgan fingerprint density at radius 2 is 1.70 bits per heavy atom. The van der Waals surface area contributed by atoms with E-state index in [9.17, 15) is 5.11 Å². The molecule has 104 valence electrons. The fraction of sp³-hybridized carbons (Fsp3) is 0.353. The zero-order valence-corrected chi connectivity index (χ0v) is 11.4. The van der Waals surface area contributed by atoms with E-state index in [0.717, 1.165) is 42.6 Å². The summed E-state index contributed by atoms with van der Waals surface area (Å²) >= 11 is 0. The first kappa shape index (κ1) is 13.1. The van der Waals surface area contributed by atoms with E-state index >= 15 is 0 Å². The first-order valence-corrected chi connectivity index (χ1v) is 7.16. The van der Waals surface area contributed by atoms with Gasteiger partial charge in [-0.25, -0.2) is 0 Å². The van der Waals surface area contributed by atoms with Crippen LogP contribution in [0.4, 0.5) is 0 Å². The van der Waals surface area contributed by atoms with Gasteiger partial charge in [0.25, 0.3) is 0 Å². The fourth-order valence-electron chi connectivity index (χ4n) is 2.62. The standard InChI is InChI=1S/C17H19NO2/c19-15-5-9-17(10-6-15)20-16-7-3-13(4-8-16)14-2-1-11-18-12-14/h1-4,7-8,11-12,15,17,19H,5-6,9-10H2. The molecule has 0 amide bonds. The molecular formula is C17H19NO2. The van der Waals surface area contributed by atoms with Crippen LogP contribution in [0.1, 0.15) is 25.7 Å². The predicted octanol–water partition coefficient (Wildman–Crippen LogP) is 3.43. The molecule has 0 aliphatic heterocycles. The molecule has 0 atom stereocenters. The number of aliphatic hydroxyl groups is 1. The van der Waals surface area contributed by atoms with Crippen LogP contribution in [0.15, 0.2) is 48.8 Å². The summed E-state index contributed by atoms with van der Waals surface area (Å²) in [7, 11) is 0. The lowest BCUT2D eigenvalue weighted by Crippen LogP contribution is -2.26. The lowest BCUT2D eigenvalue weighted by atomic mass is 9.95. The van der Waals surface area contributed by atoms with Crippen LogP contribution in [0.2, 0.25) is 0 Å². The Balaban J connectivity index is 1.65. The fourth-order valence-corrected chi connectivity index (χ4v) is 2.62. The van der Waals surface area contributed by atoms with Gasteiger partial charge in [-0.05, 0) is 55.0 Å². The van der Waals surface area contributed by atoms with Gasteiger partial charge in [0.15, 0.2) is 0 Å². The van der Waals surface area contributed by atoms with Crippen molar-refractivity contribution in [3.8, 4) is 16.9 Å². The molecule has 0 saturated heterocycles. The van der Waals surface area contributed by atoms with E-state index in [-0.39, 0.29) is 12.2 Å². The molecule has 1 fully saturated rings. The summed E-state index contributed by atoms with van der Waals surface area (Å²) in [4.78, 5) is 4.13. The molecule has 3 heteroatoms.